The number of hydrogen-bond acceptors (Lipinski definition) is 12. The molecule has 0 bridgehead atoms. The van der Waals surface area contributed by atoms with Crippen LogP contribution in [0.5, 0.6) is 5.75 Å². The maximum atomic E-state index is 16.0. The highest BCUT2D eigenvalue weighted by Gasteiger charge is 2.73. The number of aliphatic hydroxyl groups is 1. The molecule has 3 aromatic rings. The van der Waals surface area contributed by atoms with Crippen LogP contribution in [0.4, 0.5) is 29.3 Å². The van der Waals surface area contributed by atoms with Gasteiger partial charge in [-0.25, -0.2) is 13.9 Å². The number of aromatic nitrogens is 4. The van der Waals surface area contributed by atoms with E-state index in [9.17, 15) is 27.6 Å². The summed E-state index contributed by atoms with van der Waals surface area (Å²) in [4.78, 5) is 24.1. The van der Waals surface area contributed by atoms with Gasteiger partial charge in [0.15, 0.2) is 23.2 Å². The lowest BCUT2D eigenvalue weighted by Crippen LogP contribution is -2.54. The fourth-order valence-corrected chi connectivity index (χ4v) is 5.75. The van der Waals surface area contributed by atoms with Crippen molar-refractivity contribution in [3.05, 3.63) is 36.7 Å². The number of benzene rings is 1. The van der Waals surface area contributed by atoms with Crippen LogP contribution in [0, 0.1) is 0 Å². The second-order valence-electron chi connectivity index (χ2n) is 9.78. The van der Waals surface area contributed by atoms with Gasteiger partial charge in [-0.3, -0.25) is 13.9 Å². The molecule has 1 aliphatic heterocycles. The molecule has 5 N–H and O–H groups in total. The third-order valence-electron chi connectivity index (χ3n) is 6.24. The number of nitrogens with two attached hydrogens (primary N) is 1. The molecular weight excluding hydrogens is 605 g/mol. The Morgan fingerprint density at radius 3 is 2.53 bits per heavy atom. The molecule has 1 saturated heterocycles. The molecule has 1 fully saturated rings. The predicted molar refractivity (Wildman–Crippen MR) is 144 cm³/mol. The molecule has 0 spiro atoms. The van der Waals surface area contributed by atoms with Crippen LogP contribution in [-0.4, -0.2) is 80.4 Å². The number of rotatable bonds is 11. The Balaban J connectivity index is 1.65. The molecule has 2 unspecified atom stereocenters. The molecule has 236 valence electrons. The molecule has 1 aromatic carbocycles. The maximum Gasteiger partial charge on any atom is 0.459 e. The van der Waals surface area contributed by atoms with E-state index in [0.29, 0.717) is 4.57 Å². The SMILES string of the molecule is CNc1nc(N)nc2c1ncn2[C@@H]1O[C@H](COP(=O)(NC(C)C(=O)OC(C)C)Oc2ccccc2)[C@@H](O)[C@]1(F)C(F)(F)F. The van der Waals surface area contributed by atoms with Gasteiger partial charge in [-0.2, -0.15) is 28.2 Å². The monoisotopic (exact) mass is 635 g/mol. The minimum atomic E-state index is -5.68. The first-order chi connectivity index (χ1) is 20.1. The highest BCUT2D eigenvalue weighted by molar-refractivity contribution is 7.52. The highest BCUT2D eigenvalue weighted by atomic mass is 31.2. The summed E-state index contributed by atoms with van der Waals surface area (Å²) in [6.07, 6.45) is -12.9. The van der Waals surface area contributed by atoms with Gasteiger partial charge in [0.25, 0.3) is 5.67 Å². The highest BCUT2D eigenvalue weighted by Crippen LogP contribution is 2.53. The molecule has 4 rings (SSSR count). The second-order valence-corrected chi connectivity index (χ2v) is 11.5. The molecule has 1 aliphatic rings. The number of para-hydroxylation sites is 1. The number of anilines is 2. The van der Waals surface area contributed by atoms with E-state index in [2.05, 4.69) is 25.4 Å². The number of fused-ring (bicyclic) bond motifs is 1. The lowest BCUT2D eigenvalue weighted by atomic mass is 9.95. The van der Waals surface area contributed by atoms with Gasteiger partial charge in [0.2, 0.25) is 5.95 Å². The minimum Gasteiger partial charge on any atom is -0.462 e. The number of nitrogens with one attached hydrogen (secondary N) is 2. The van der Waals surface area contributed by atoms with Crippen molar-refractivity contribution < 1.29 is 50.5 Å². The number of imidazole rings is 1. The van der Waals surface area contributed by atoms with Crippen LogP contribution >= 0.6 is 7.75 Å². The number of esters is 1. The summed E-state index contributed by atoms with van der Waals surface area (Å²) in [6, 6.07) is 6.23. The molecule has 43 heavy (non-hydrogen) atoms. The number of alkyl halides is 4. The fourth-order valence-electron chi connectivity index (χ4n) is 4.25. The summed E-state index contributed by atoms with van der Waals surface area (Å²) in [7, 11) is -3.15. The van der Waals surface area contributed by atoms with E-state index >= 15 is 4.39 Å². The quantitative estimate of drug-likeness (QED) is 0.137. The third kappa shape index (κ3) is 6.52. The normalized spacial score (nSPS) is 24.6. The van der Waals surface area contributed by atoms with Gasteiger partial charge in [-0.15, -0.1) is 0 Å². The number of nitrogens with zero attached hydrogens (tertiary/aromatic N) is 4. The number of aliphatic hydroxyl groups excluding tert-OH is 1. The number of ether oxygens (including phenoxy) is 2. The zero-order chi connectivity index (χ0) is 31.7. The Morgan fingerprint density at radius 1 is 1.26 bits per heavy atom. The predicted octanol–water partition coefficient (Wildman–Crippen LogP) is 3.11. The smallest absolute Gasteiger partial charge is 0.459 e. The molecule has 0 amide bonds. The van der Waals surface area contributed by atoms with Crippen molar-refractivity contribution in [1.29, 1.82) is 0 Å². The first-order valence-corrected chi connectivity index (χ1v) is 14.4. The Labute approximate surface area is 242 Å². The van der Waals surface area contributed by atoms with Crippen molar-refractivity contribution in [3.63, 3.8) is 0 Å². The lowest BCUT2D eigenvalue weighted by Gasteiger charge is -2.31. The number of carbonyl (C=O) groups excluding carboxylic acids is 1. The van der Waals surface area contributed by atoms with E-state index in [0.717, 1.165) is 6.33 Å². The molecular formula is C24H30F4N7O7P. The van der Waals surface area contributed by atoms with Crippen LogP contribution in [0.25, 0.3) is 11.2 Å². The van der Waals surface area contributed by atoms with E-state index in [1.54, 1.807) is 19.9 Å². The van der Waals surface area contributed by atoms with Crippen molar-refractivity contribution in [2.24, 2.45) is 0 Å². The van der Waals surface area contributed by atoms with E-state index < -0.39 is 62.7 Å². The first kappa shape index (κ1) is 32.3. The van der Waals surface area contributed by atoms with Crippen LogP contribution < -0.4 is 20.7 Å². The fraction of sp³-hybridized carbons (Fsp3) is 0.500. The number of halogens is 4. The molecule has 2 aromatic heterocycles. The summed E-state index contributed by atoms with van der Waals surface area (Å²) < 4.78 is 94.4. The van der Waals surface area contributed by atoms with Crippen LogP contribution in [0.15, 0.2) is 36.7 Å². The van der Waals surface area contributed by atoms with E-state index in [1.807, 2.05) is 0 Å². The summed E-state index contributed by atoms with van der Waals surface area (Å²) in [5.41, 5.74) is 0.881. The average Bonchev–Trinajstić information content (AvgIpc) is 3.45. The summed E-state index contributed by atoms with van der Waals surface area (Å²) in [5.74, 6) is -1.14. The largest absolute Gasteiger partial charge is 0.462 e. The van der Waals surface area contributed by atoms with Crippen LogP contribution in [0.3, 0.4) is 0 Å². The maximum absolute atomic E-state index is 16.0. The van der Waals surface area contributed by atoms with Crippen molar-refractivity contribution in [1.82, 2.24) is 24.6 Å². The zero-order valence-corrected chi connectivity index (χ0v) is 24.2. The summed E-state index contributed by atoms with van der Waals surface area (Å²) in [5, 5.41) is 15.7. The van der Waals surface area contributed by atoms with E-state index in [1.165, 1.54) is 38.2 Å². The molecule has 6 atom stereocenters. The van der Waals surface area contributed by atoms with Crippen molar-refractivity contribution in [3.8, 4) is 5.75 Å². The Kier molecular flexibility index (Phi) is 9.18. The summed E-state index contributed by atoms with van der Waals surface area (Å²) >= 11 is 0. The third-order valence-corrected chi connectivity index (χ3v) is 7.89. The lowest BCUT2D eigenvalue weighted by molar-refractivity contribution is -0.273. The second kappa shape index (κ2) is 12.2. The topological polar surface area (TPSA) is 185 Å². The van der Waals surface area contributed by atoms with Crippen LogP contribution in [0.2, 0.25) is 0 Å². The van der Waals surface area contributed by atoms with E-state index in [-0.39, 0.29) is 28.7 Å². The first-order valence-electron chi connectivity index (χ1n) is 12.8. The van der Waals surface area contributed by atoms with Crippen molar-refractivity contribution in [2.45, 2.75) is 63.2 Å². The molecule has 0 radical (unpaired) electrons. The van der Waals surface area contributed by atoms with Gasteiger partial charge in [0.05, 0.1) is 19.0 Å². The standard InChI is InChI=1S/C24H30F4N7O7P/c1-12(2)40-20(37)13(3)34-43(38,42-14-8-6-5-7-9-14)39-10-15-17(36)23(25,24(26,27)28)21(41-15)35-11-31-16-18(30-4)32-22(29)33-19(16)35/h5-9,11-13,15,17,21,36H,10H2,1-4H3,(H,34,38)(H3,29,30,32,33)/t13?,15-,17-,21-,23-,43?/m1/s1. The van der Waals surface area contributed by atoms with Gasteiger partial charge in [0, 0.05) is 7.05 Å². The Morgan fingerprint density at radius 2 is 1.93 bits per heavy atom. The van der Waals surface area contributed by atoms with Crippen LogP contribution in [0.1, 0.15) is 27.0 Å². The Hall–Kier alpha value is -3.57. The zero-order valence-electron chi connectivity index (χ0n) is 23.3. The number of hydrogen-bond donors (Lipinski definition) is 4. The summed E-state index contributed by atoms with van der Waals surface area (Å²) in [6.45, 7) is 3.39. The van der Waals surface area contributed by atoms with Gasteiger partial charge >= 0.3 is 19.9 Å². The molecule has 0 saturated carbocycles. The average molecular weight is 636 g/mol. The van der Waals surface area contributed by atoms with Crippen molar-refractivity contribution >= 4 is 36.6 Å². The number of nitrogen functional groups attached to an aromatic ring is 1. The number of carbonyl (C=O) groups is 1. The van der Waals surface area contributed by atoms with Gasteiger partial charge < -0.3 is 30.2 Å². The van der Waals surface area contributed by atoms with Crippen LogP contribution in [-0.2, 0) is 23.4 Å². The van der Waals surface area contributed by atoms with Gasteiger partial charge in [-0.1, -0.05) is 18.2 Å². The molecule has 3 heterocycles. The molecule has 0 aliphatic carbocycles. The van der Waals surface area contributed by atoms with E-state index in [4.69, 9.17) is 24.3 Å². The van der Waals surface area contributed by atoms with Crippen molar-refractivity contribution in [2.75, 3.05) is 24.7 Å². The minimum absolute atomic E-state index is 0.00570. The Bertz CT molecular complexity index is 1500. The molecule has 14 nitrogen and oxygen atoms in total. The van der Waals surface area contributed by atoms with Gasteiger partial charge in [0.1, 0.15) is 24.0 Å². The van der Waals surface area contributed by atoms with Gasteiger partial charge in [-0.05, 0) is 32.9 Å². The molecule has 19 heteroatoms.